The maximum atomic E-state index is 10.9. The van der Waals surface area contributed by atoms with Gasteiger partial charge in [0.1, 0.15) is 10.0 Å². The van der Waals surface area contributed by atoms with Crippen molar-refractivity contribution in [3.05, 3.63) is 29.7 Å². The highest BCUT2D eigenvalue weighted by molar-refractivity contribution is 7.19. The zero-order valence-electron chi connectivity index (χ0n) is 8.40. The highest BCUT2D eigenvalue weighted by Gasteiger charge is 2.11. The summed E-state index contributed by atoms with van der Waals surface area (Å²) in [5.74, 6) is -0.164. The van der Waals surface area contributed by atoms with Crippen LogP contribution in [0.3, 0.4) is 0 Å². The Morgan fingerprint density at radius 3 is 3.00 bits per heavy atom. The lowest BCUT2D eigenvalue weighted by molar-refractivity contribution is -0.114. The molecule has 1 amide bonds. The normalized spacial score (nSPS) is 10.1. The molecule has 6 heteroatoms. The van der Waals surface area contributed by atoms with Crippen LogP contribution in [0.4, 0.5) is 5.00 Å². The predicted octanol–water partition coefficient (Wildman–Crippen LogP) is 2.82. The van der Waals surface area contributed by atoms with Crippen LogP contribution in [0.1, 0.15) is 6.92 Å². The van der Waals surface area contributed by atoms with Gasteiger partial charge in [0.2, 0.25) is 5.91 Å². The minimum absolute atomic E-state index is 0.164. The molecule has 0 atom stereocenters. The van der Waals surface area contributed by atoms with Gasteiger partial charge in [-0.1, -0.05) is 22.9 Å². The average Bonchev–Trinajstić information content (AvgIpc) is 2.61. The molecule has 0 fully saturated rings. The summed E-state index contributed by atoms with van der Waals surface area (Å²) in [5, 5.41) is 4.23. The Morgan fingerprint density at radius 2 is 2.38 bits per heavy atom. The van der Waals surface area contributed by atoms with Crippen molar-refractivity contribution in [3.8, 4) is 10.6 Å². The highest BCUT2D eigenvalue weighted by Crippen LogP contribution is 2.34. The zero-order chi connectivity index (χ0) is 11.5. The molecule has 2 heterocycles. The summed E-state index contributed by atoms with van der Waals surface area (Å²) in [6.45, 7) is 1.43. The number of carbonyl (C=O) groups excluding carboxylic acids is 1. The number of aromatic nitrogens is 2. The number of nitrogens with zero attached hydrogens (tertiary/aromatic N) is 2. The van der Waals surface area contributed by atoms with Crippen LogP contribution < -0.4 is 5.32 Å². The SMILES string of the molecule is CC(=O)Nc1sc(-c2cccnc2)nc1Cl. The first kappa shape index (κ1) is 11.0. The Balaban J connectivity index is 2.34. The number of amides is 1. The smallest absolute Gasteiger partial charge is 0.221 e. The number of hydrogen-bond acceptors (Lipinski definition) is 4. The van der Waals surface area contributed by atoms with Crippen LogP contribution in [0.5, 0.6) is 0 Å². The molecule has 0 radical (unpaired) electrons. The molecular formula is C10H8ClN3OS. The van der Waals surface area contributed by atoms with Gasteiger partial charge in [-0.25, -0.2) is 4.98 Å². The van der Waals surface area contributed by atoms with Crippen LogP contribution in [0, 0.1) is 0 Å². The molecule has 16 heavy (non-hydrogen) atoms. The van der Waals surface area contributed by atoms with Crippen molar-refractivity contribution in [2.45, 2.75) is 6.92 Å². The highest BCUT2D eigenvalue weighted by atomic mass is 35.5. The minimum Gasteiger partial charge on any atom is -0.315 e. The van der Waals surface area contributed by atoms with E-state index in [1.807, 2.05) is 12.1 Å². The van der Waals surface area contributed by atoms with Gasteiger partial charge in [0, 0.05) is 24.9 Å². The van der Waals surface area contributed by atoms with E-state index in [1.165, 1.54) is 18.3 Å². The maximum absolute atomic E-state index is 10.9. The molecule has 4 nitrogen and oxygen atoms in total. The molecule has 0 aromatic carbocycles. The number of carbonyl (C=O) groups is 1. The monoisotopic (exact) mass is 253 g/mol. The van der Waals surface area contributed by atoms with E-state index in [9.17, 15) is 4.79 Å². The summed E-state index contributed by atoms with van der Waals surface area (Å²) in [5.41, 5.74) is 0.881. The van der Waals surface area contributed by atoms with Crippen LogP contribution in [-0.2, 0) is 4.79 Å². The molecule has 0 aliphatic rings. The van der Waals surface area contributed by atoms with Gasteiger partial charge >= 0.3 is 0 Å². The van der Waals surface area contributed by atoms with Gasteiger partial charge < -0.3 is 5.32 Å². The van der Waals surface area contributed by atoms with Crippen LogP contribution in [-0.4, -0.2) is 15.9 Å². The molecule has 0 spiro atoms. The van der Waals surface area contributed by atoms with E-state index < -0.39 is 0 Å². The number of halogens is 1. The van der Waals surface area contributed by atoms with E-state index in [2.05, 4.69) is 15.3 Å². The summed E-state index contributed by atoms with van der Waals surface area (Å²) in [4.78, 5) is 19.1. The predicted molar refractivity (Wildman–Crippen MR) is 64.7 cm³/mol. The number of thiazole rings is 1. The van der Waals surface area contributed by atoms with Crippen LogP contribution >= 0.6 is 22.9 Å². The molecule has 82 valence electrons. The van der Waals surface area contributed by atoms with Gasteiger partial charge in [0.05, 0.1) is 0 Å². The quantitative estimate of drug-likeness (QED) is 0.895. The van der Waals surface area contributed by atoms with E-state index in [4.69, 9.17) is 11.6 Å². The Bertz CT molecular complexity index is 512. The van der Waals surface area contributed by atoms with Gasteiger partial charge in [-0.05, 0) is 12.1 Å². The number of pyridine rings is 1. The van der Waals surface area contributed by atoms with Crippen molar-refractivity contribution in [2.24, 2.45) is 0 Å². The van der Waals surface area contributed by atoms with Crippen LogP contribution in [0.25, 0.3) is 10.6 Å². The molecule has 0 unspecified atom stereocenters. The van der Waals surface area contributed by atoms with Crippen molar-refractivity contribution in [1.29, 1.82) is 0 Å². The number of hydrogen-bond donors (Lipinski definition) is 1. The van der Waals surface area contributed by atoms with Gasteiger partial charge in [-0.3, -0.25) is 9.78 Å². The summed E-state index contributed by atoms with van der Waals surface area (Å²) in [6.07, 6.45) is 3.39. The van der Waals surface area contributed by atoms with E-state index >= 15 is 0 Å². The Morgan fingerprint density at radius 1 is 1.56 bits per heavy atom. The van der Waals surface area contributed by atoms with E-state index in [-0.39, 0.29) is 5.91 Å². The Labute approximate surface area is 101 Å². The Hall–Kier alpha value is -1.46. The molecule has 0 saturated carbocycles. The lowest BCUT2D eigenvalue weighted by atomic mass is 10.3. The molecule has 2 rings (SSSR count). The van der Waals surface area contributed by atoms with Gasteiger partial charge in [-0.15, -0.1) is 0 Å². The topological polar surface area (TPSA) is 54.9 Å². The fraction of sp³-hybridized carbons (Fsp3) is 0.100. The molecule has 2 aromatic heterocycles. The summed E-state index contributed by atoms with van der Waals surface area (Å²) < 4.78 is 0. The van der Waals surface area contributed by atoms with Crippen molar-refractivity contribution >= 4 is 33.8 Å². The summed E-state index contributed by atoms with van der Waals surface area (Å²) in [7, 11) is 0. The van der Waals surface area contributed by atoms with Gasteiger partial charge in [-0.2, -0.15) is 0 Å². The Kier molecular flexibility index (Phi) is 3.17. The first-order valence-electron chi connectivity index (χ1n) is 4.51. The van der Waals surface area contributed by atoms with E-state index in [0.717, 1.165) is 10.6 Å². The van der Waals surface area contributed by atoms with Gasteiger partial charge in [0.25, 0.3) is 0 Å². The van der Waals surface area contributed by atoms with Crippen LogP contribution in [0.15, 0.2) is 24.5 Å². The first-order valence-corrected chi connectivity index (χ1v) is 5.70. The third-order valence-corrected chi connectivity index (χ3v) is 3.19. The standard InChI is InChI=1S/C10H8ClN3OS/c1-6(15)13-10-8(11)14-9(16-10)7-3-2-4-12-5-7/h2-5H,1H3,(H,13,15). The fourth-order valence-corrected chi connectivity index (χ4v) is 2.34. The maximum Gasteiger partial charge on any atom is 0.221 e. The molecule has 0 aliphatic heterocycles. The van der Waals surface area contributed by atoms with Crippen molar-refractivity contribution in [2.75, 3.05) is 5.32 Å². The fourth-order valence-electron chi connectivity index (χ4n) is 1.15. The second kappa shape index (κ2) is 4.59. The lowest BCUT2D eigenvalue weighted by Crippen LogP contribution is -2.04. The van der Waals surface area contributed by atoms with E-state index in [1.54, 1.807) is 12.4 Å². The van der Waals surface area contributed by atoms with Crippen molar-refractivity contribution in [3.63, 3.8) is 0 Å². The first-order chi connectivity index (χ1) is 7.66. The lowest BCUT2D eigenvalue weighted by Gasteiger charge is -1.95. The largest absolute Gasteiger partial charge is 0.315 e. The second-order valence-corrected chi connectivity index (χ2v) is 4.42. The second-order valence-electron chi connectivity index (χ2n) is 3.06. The molecule has 0 aliphatic carbocycles. The third-order valence-electron chi connectivity index (χ3n) is 1.78. The summed E-state index contributed by atoms with van der Waals surface area (Å²) in [6, 6.07) is 3.71. The zero-order valence-corrected chi connectivity index (χ0v) is 9.97. The molecule has 2 aromatic rings. The third kappa shape index (κ3) is 2.37. The molecule has 0 bridgehead atoms. The van der Waals surface area contributed by atoms with Gasteiger partial charge in [0.15, 0.2) is 5.15 Å². The average molecular weight is 254 g/mol. The van der Waals surface area contributed by atoms with Crippen molar-refractivity contribution in [1.82, 2.24) is 9.97 Å². The number of rotatable bonds is 2. The molecule has 1 N–H and O–H groups in total. The number of nitrogens with one attached hydrogen (secondary N) is 1. The molecular weight excluding hydrogens is 246 g/mol. The van der Waals surface area contributed by atoms with Crippen LogP contribution in [0.2, 0.25) is 5.15 Å². The molecule has 0 saturated heterocycles. The summed E-state index contributed by atoms with van der Waals surface area (Å²) >= 11 is 7.23. The minimum atomic E-state index is -0.164. The van der Waals surface area contributed by atoms with Crippen molar-refractivity contribution < 1.29 is 4.79 Å². The number of anilines is 1. The van der Waals surface area contributed by atoms with E-state index in [0.29, 0.717) is 10.2 Å².